The smallest absolute Gasteiger partial charge is 0.305 e. The summed E-state index contributed by atoms with van der Waals surface area (Å²) < 4.78 is 5.39. The molecule has 3 rings (SSSR count). The highest BCUT2D eigenvalue weighted by atomic mass is 35.5. The van der Waals surface area contributed by atoms with E-state index in [1.165, 1.54) is 13.2 Å². The first kappa shape index (κ1) is 22.2. The molecule has 0 spiro atoms. The number of rotatable bonds is 7. The van der Waals surface area contributed by atoms with Gasteiger partial charge >= 0.3 is 5.97 Å². The molecule has 2 aromatic heterocycles. The van der Waals surface area contributed by atoms with Crippen LogP contribution in [0.5, 0.6) is 5.75 Å². The van der Waals surface area contributed by atoms with E-state index in [0.717, 1.165) is 11.1 Å². The summed E-state index contributed by atoms with van der Waals surface area (Å²) in [6, 6.07) is 11.6. The molecule has 31 heavy (non-hydrogen) atoms. The summed E-state index contributed by atoms with van der Waals surface area (Å²) in [5.41, 5.74) is 3.63. The summed E-state index contributed by atoms with van der Waals surface area (Å²) in [5, 5.41) is 12.3. The molecule has 2 N–H and O–H groups in total. The number of ether oxygens (including phenoxy) is 1. The molecular weight excluding hydrogens is 418 g/mol. The molecule has 3 aromatic rings. The molecule has 0 unspecified atom stereocenters. The fourth-order valence-electron chi connectivity index (χ4n) is 3.11. The second kappa shape index (κ2) is 9.57. The number of aryl methyl sites for hydroxylation is 2. The van der Waals surface area contributed by atoms with Crippen molar-refractivity contribution in [2.75, 3.05) is 7.11 Å². The number of hydrogen-bond acceptors (Lipinski definition) is 5. The normalized spacial score (nSPS) is 11.6. The Bertz CT molecular complexity index is 1120. The Labute approximate surface area is 185 Å². The molecule has 160 valence electrons. The lowest BCUT2D eigenvalue weighted by Gasteiger charge is -2.18. The highest BCUT2D eigenvalue weighted by Crippen LogP contribution is 2.33. The van der Waals surface area contributed by atoms with Gasteiger partial charge in [0, 0.05) is 11.8 Å². The van der Waals surface area contributed by atoms with E-state index >= 15 is 0 Å². The second-order valence-corrected chi connectivity index (χ2v) is 7.49. The van der Waals surface area contributed by atoms with E-state index in [0.29, 0.717) is 22.6 Å². The summed E-state index contributed by atoms with van der Waals surface area (Å²) in [7, 11) is 1.50. The highest BCUT2D eigenvalue weighted by Gasteiger charge is 2.21. The van der Waals surface area contributed by atoms with E-state index in [4.69, 9.17) is 16.3 Å². The minimum Gasteiger partial charge on any atom is -0.494 e. The largest absolute Gasteiger partial charge is 0.494 e. The highest BCUT2D eigenvalue weighted by molar-refractivity contribution is 6.32. The van der Waals surface area contributed by atoms with Crippen LogP contribution in [0.4, 0.5) is 0 Å². The number of carboxylic acid groups (broad SMARTS) is 1. The van der Waals surface area contributed by atoms with Crippen molar-refractivity contribution in [3.05, 3.63) is 76.2 Å². The molecular formula is C23H22ClN3O4. The van der Waals surface area contributed by atoms with Gasteiger partial charge in [-0.2, -0.15) is 0 Å². The van der Waals surface area contributed by atoms with Crippen LogP contribution in [0, 0.1) is 13.8 Å². The molecule has 1 amide bonds. The van der Waals surface area contributed by atoms with E-state index in [9.17, 15) is 14.7 Å². The molecule has 0 aliphatic heterocycles. The summed E-state index contributed by atoms with van der Waals surface area (Å²) in [6.07, 6.45) is 1.37. The Kier molecular flexibility index (Phi) is 6.87. The minimum absolute atomic E-state index is 0.107. The molecule has 0 saturated carbocycles. The van der Waals surface area contributed by atoms with Crippen LogP contribution in [0.3, 0.4) is 0 Å². The van der Waals surface area contributed by atoms with E-state index in [-0.39, 0.29) is 17.3 Å². The number of benzene rings is 1. The quantitative estimate of drug-likeness (QED) is 0.530. The average molecular weight is 440 g/mol. The summed E-state index contributed by atoms with van der Waals surface area (Å²) in [5.74, 6) is -1.09. The van der Waals surface area contributed by atoms with Gasteiger partial charge < -0.3 is 15.2 Å². The predicted octanol–water partition coefficient (Wildman–Crippen LogP) is 4.37. The summed E-state index contributed by atoms with van der Waals surface area (Å²) in [6.45, 7) is 3.80. The molecule has 0 saturated heterocycles. The van der Waals surface area contributed by atoms with Crippen molar-refractivity contribution in [1.82, 2.24) is 15.3 Å². The number of pyridine rings is 2. The Balaban J connectivity index is 1.95. The van der Waals surface area contributed by atoms with E-state index in [1.54, 1.807) is 30.5 Å². The maximum Gasteiger partial charge on any atom is 0.305 e. The third-order valence-electron chi connectivity index (χ3n) is 4.71. The third kappa shape index (κ3) is 5.38. The van der Waals surface area contributed by atoms with Crippen LogP contribution in [-0.2, 0) is 4.79 Å². The van der Waals surface area contributed by atoms with E-state index < -0.39 is 17.9 Å². The van der Waals surface area contributed by atoms with E-state index in [1.807, 2.05) is 26.0 Å². The molecule has 0 aliphatic rings. The maximum absolute atomic E-state index is 13.0. The molecule has 0 radical (unpaired) electrons. The number of amides is 1. The van der Waals surface area contributed by atoms with Crippen LogP contribution < -0.4 is 10.1 Å². The fraction of sp³-hybridized carbons (Fsp3) is 0.217. The van der Waals surface area contributed by atoms with Crippen molar-refractivity contribution in [1.29, 1.82) is 0 Å². The van der Waals surface area contributed by atoms with Gasteiger partial charge in [-0.3, -0.25) is 9.59 Å². The Morgan fingerprint density at radius 1 is 1.13 bits per heavy atom. The lowest BCUT2D eigenvalue weighted by Crippen LogP contribution is -2.31. The zero-order valence-corrected chi connectivity index (χ0v) is 18.1. The summed E-state index contributed by atoms with van der Waals surface area (Å²) >= 11 is 6.25. The Hall–Kier alpha value is -3.45. The molecule has 0 aliphatic carbocycles. The van der Waals surface area contributed by atoms with Gasteiger partial charge in [-0.05, 0) is 43.2 Å². The lowest BCUT2D eigenvalue weighted by atomic mass is 10.0. The average Bonchev–Trinajstić information content (AvgIpc) is 2.74. The number of aromatic nitrogens is 2. The van der Waals surface area contributed by atoms with Crippen LogP contribution in [0.2, 0.25) is 5.15 Å². The van der Waals surface area contributed by atoms with Gasteiger partial charge in [0.15, 0.2) is 0 Å². The molecule has 1 aromatic carbocycles. The second-order valence-electron chi connectivity index (χ2n) is 7.13. The molecule has 0 bridgehead atoms. The molecule has 1 atom stereocenters. The first-order valence-corrected chi connectivity index (χ1v) is 9.93. The summed E-state index contributed by atoms with van der Waals surface area (Å²) in [4.78, 5) is 32.9. The zero-order valence-electron chi connectivity index (χ0n) is 17.3. The topological polar surface area (TPSA) is 101 Å². The zero-order chi connectivity index (χ0) is 22.5. The minimum atomic E-state index is -1.02. The number of aliphatic carboxylic acids is 1. The van der Waals surface area contributed by atoms with Crippen LogP contribution in [0.15, 0.2) is 48.7 Å². The number of halogens is 1. The van der Waals surface area contributed by atoms with Gasteiger partial charge in [0.25, 0.3) is 5.91 Å². The van der Waals surface area contributed by atoms with Gasteiger partial charge in [0.2, 0.25) is 0 Å². The SMILES string of the molecule is COc1ccc(C(=O)N[C@@H](CC(=O)O)c2ccc(C)cc2)nc1-c1cc(C)cnc1Cl. The number of hydrogen-bond donors (Lipinski definition) is 2. The van der Waals surface area contributed by atoms with Crippen LogP contribution in [0.1, 0.15) is 39.6 Å². The number of carbonyl (C=O) groups is 2. The number of nitrogens with zero attached hydrogens (tertiary/aromatic N) is 2. The van der Waals surface area contributed by atoms with Crippen molar-refractivity contribution in [3.8, 4) is 17.0 Å². The number of carbonyl (C=O) groups excluding carboxylic acids is 1. The first-order chi connectivity index (χ1) is 14.8. The Morgan fingerprint density at radius 2 is 1.84 bits per heavy atom. The van der Waals surface area contributed by atoms with Crippen LogP contribution in [0.25, 0.3) is 11.3 Å². The van der Waals surface area contributed by atoms with Gasteiger partial charge in [-0.15, -0.1) is 0 Å². The van der Waals surface area contributed by atoms with Crippen molar-refractivity contribution in [2.24, 2.45) is 0 Å². The first-order valence-electron chi connectivity index (χ1n) is 9.55. The van der Waals surface area contributed by atoms with E-state index in [2.05, 4.69) is 15.3 Å². The third-order valence-corrected chi connectivity index (χ3v) is 5.01. The van der Waals surface area contributed by atoms with Crippen molar-refractivity contribution in [2.45, 2.75) is 26.3 Å². The number of nitrogens with one attached hydrogen (secondary N) is 1. The fourth-order valence-corrected chi connectivity index (χ4v) is 3.30. The Morgan fingerprint density at radius 3 is 2.48 bits per heavy atom. The van der Waals surface area contributed by atoms with Gasteiger partial charge in [0.1, 0.15) is 22.3 Å². The van der Waals surface area contributed by atoms with Crippen LogP contribution in [-0.4, -0.2) is 34.1 Å². The molecule has 0 fully saturated rings. The van der Waals surface area contributed by atoms with Gasteiger partial charge in [-0.25, -0.2) is 9.97 Å². The van der Waals surface area contributed by atoms with Crippen molar-refractivity contribution < 1.29 is 19.4 Å². The monoisotopic (exact) mass is 439 g/mol. The molecule has 2 heterocycles. The standard InChI is InChI=1S/C23H22ClN3O4/c1-13-4-6-15(7-5-13)18(11-20(28)29)27-23(30)17-8-9-19(31-3)21(26-17)16-10-14(2)12-25-22(16)24/h4-10,12,18H,11H2,1-3H3,(H,27,30)(H,28,29)/t18-/m0/s1. The number of methoxy groups -OCH3 is 1. The maximum atomic E-state index is 13.0. The van der Waals surface area contributed by atoms with Crippen molar-refractivity contribution in [3.63, 3.8) is 0 Å². The van der Waals surface area contributed by atoms with Gasteiger partial charge in [-0.1, -0.05) is 41.4 Å². The number of carboxylic acids is 1. The molecule has 7 nitrogen and oxygen atoms in total. The van der Waals surface area contributed by atoms with Gasteiger partial charge in [0.05, 0.1) is 19.6 Å². The predicted molar refractivity (Wildman–Crippen MR) is 117 cm³/mol. The van der Waals surface area contributed by atoms with Crippen LogP contribution >= 0.6 is 11.6 Å². The van der Waals surface area contributed by atoms with Crippen molar-refractivity contribution >= 4 is 23.5 Å². The molecule has 8 heteroatoms. The lowest BCUT2D eigenvalue weighted by molar-refractivity contribution is -0.137.